The van der Waals surface area contributed by atoms with Crippen molar-refractivity contribution in [1.82, 2.24) is 0 Å². The number of hydrogen-bond acceptors (Lipinski definition) is 3. The third-order valence-corrected chi connectivity index (χ3v) is 18.2. The summed E-state index contributed by atoms with van der Waals surface area (Å²) in [7, 11) is -0.107. The predicted molar refractivity (Wildman–Crippen MR) is 121 cm³/mol. The molecule has 0 aliphatic heterocycles. The Balaban J connectivity index is 2.40. The summed E-state index contributed by atoms with van der Waals surface area (Å²) < 4.78 is 4.88. The van der Waals surface area contributed by atoms with Crippen molar-refractivity contribution in [3.05, 3.63) is 42.0 Å². The van der Waals surface area contributed by atoms with Crippen LogP contribution in [-0.4, -0.2) is 20.3 Å². The molecular weight excluding hydrogens is 368 g/mol. The molecular formula is C23H34O2SSi. The first kappa shape index (κ1) is 22.0. The molecule has 4 heteroatoms. The number of rotatable bonds is 7. The maximum absolute atomic E-state index is 11.8. The SMILES string of the molecule is COC(=O)[C@@H](C)c1ccc2cc(S[Si](C(C)C)(C(C)C)C(C)C)ccc2c1. The minimum absolute atomic E-state index is 0.192. The van der Waals surface area contributed by atoms with E-state index in [-0.39, 0.29) is 11.9 Å². The van der Waals surface area contributed by atoms with E-state index in [1.165, 1.54) is 22.8 Å². The van der Waals surface area contributed by atoms with Crippen LogP contribution in [0.1, 0.15) is 59.9 Å². The quantitative estimate of drug-likeness (QED) is 0.357. The van der Waals surface area contributed by atoms with Crippen LogP contribution in [0.5, 0.6) is 0 Å². The van der Waals surface area contributed by atoms with Gasteiger partial charge in [0.2, 0.25) is 0 Å². The van der Waals surface area contributed by atoms with Crippen LogP contribution in [0, 0.1) is 0 Å². The molecule has 2 rings (SSSR count). The molecule has 0 spiro atoms. The molecule has 2 nitrogen and oxygen atoms in total. The number of fused-ring (bicyclic) bond motifs is 1. The van der Waals surface area contributed by atoms with Crippen molar-refractivity contribution in [2.75, 3.05) is 7.11 Å². The number of esters is 1. The predicted octanol–water partition coefficient (Wildman–Crippen LogP) is 7.38. The molecule has 0 unspecified atom stereocenters. The normalized spacial score (nSPS) is 13.6. The highest BCUT2D eigenvalue weighted by molar-refractivity contribution is 8.29. The van der Waals surface area contributed by atoms with Crippen LogP contribution in [0.3, 0.4) is 0 Å². The van der Waals surface area contributed by atoms with Crippen LogP contribution in [-0.2, 0) is 9.53 Å². The highest BCUT2D eigenvalue weighted by Crippen LogP contribution is 2.52. The molecule has 0 N–H and O–H groups in total. The second-order valence-corrected chi connectivity index (χ2v) is 17.0. The molecule has 0 heterocycles. The van der Waals surface area contributed by atoms with Crippen LogP contribution in [0.4, 0.5) is 0 Å². The Morgan fingerprint density at radius 2 is 1.37 bits per heavy atom. The van der Waals surface area contributed by atoms with E-state index in [1.807, 2.05) is 6.92 Å². The molecule has 2 aromatic rings. The third-order valence-electron chi connectivity index (χ3n) is 5.89. The summed E-state index contributed by atoms with van der Waals surface area (Å²) in [5, 5.41) is 2.42. The van der Waals surface area contributed by atoms with Gasteiger partial charge in [-0.05, 0) is 52.0 Å². The van der Waals surface area contributed by atoms with Crippen LogP contribution in [0.15, 0.2) is 41.3 Å². The molecule has 0 bridgehead atoms. The van der Waals surface area contributed by atoms with E-state index >= 15 is 0 Å². The lowest BCUT2D eigenvalue weighted by Gasteiger charge is -2.42. The van der Waals surface area contributed by atoms with Gasteiger partial charge in [0, 0.05) is 4.90 Å². The molecule has 0 aliphatic carbocycles. The van der Waals surface area contributed by atoms with Crippen molar-refractivity contribution in [3.8, 4) is 0 Å². The van der Waals surface area contributed by atoms with Crippen molar-refractivity contribution in [3.63, 3.8) is 0 Å². The van der Waals surface area contributed by atoms with Crippen molar-refractivity contribution < 1.29 is 9.53 Å². The Labute approximate surface area is 169 Å². The largest absolute Gasteiger partial charge is 0.469 e. The fraction of sp³-hybridized carbons (Fsp3) is 0.522. The number of benzene rings is 2. The van der Waals surface area contributed by atoms with Crippen LogP contribution in [0.2, 0.25) is 16.6 Å². The Morgan fingerprint density at radius 1 is 0.852 bits per heavy atom. The average molecular weight is 403 g/mol. The van der Waals surface area contributed by atoms with Gasteiger partial charge in [0.05, 0.1) is 13.0 Å². The van der Waals surface area contributed by atoms with Crippen molar-refractivity contribution in [2.24, 2.45) is 0 Å². The topological polar surface area (TPSA) is 26.3 Å². The van der Waals surface area contributed by atoms with Gasteiger partial charge in [-0.2, -0.15) is 11.2 Å². The zero-order valence-corrected chi connectivity index (χ0v) is 19.8. The first-order valence-corrected chi connectivity index (χ1v) is 13.7. The summed E-state index contributed by atoms with van der Waals surface area (Å²) in [6, 6.07) is 13.1. The number of methoxy groups -OCH3 is 1. The smallest absolute Gasteiger partial charge is 0.312 e. The molecule has 0 radical (unpaired) electrons. The molecule has 0 aliphatic rings. The highest BCUT2D eigenvalue weighted by Gasteiger charge is 2.44. The molecule has 27 heavy (non-hydrogen) atoms. The molecule has 0 saturated heterocycles. The van der Waals surface area contributed by atoms with E-state index in [1.54, 1.807) is 0 Å². The molecule has 0 fully saturated rings. The van der Waals surface area contributed by atoms with Gasteiger partial charge in [-0.15, -0.1) is 0 Å². The fourth-order valence-corrected chi connectivity index (χ4v) is 13.6. The Hall–Kier alpha value is -1.26. The van der Waals surface area contributed by atoms with E-state index in [0.29, 0.717) is 0 Å². The average Bonchev–Trinajstić information content (AvgIpc) is 2.63. The highest BCUT2D eigenvalue weighted by atomic mass is 32.4. The van der Waals surface area contributed by atoms with Crippen LogP contribution in [0.25, 0.3) is 10.8 Å². The monoisotopic (exact) mass is 402 g/mol. The first-order valence-electron chi connectivity index (χ1n) is 9.94. The fourth-order valence-electron chi connectivity index (χ4n) is 4.45. The summed E-state index contributed by atoms with van der Waals surface area (Å²) in [6.45, 7) is 16.3. The summed E-state index contributed by atoms with van der Waals surface area (Å²) in [4.78, 5) is 13.2. The molecule has 2 aromatic carbocycles. The van der Waals surface area contributed by atoms with Gasteiger partial charge >= 0.3 is 5.97 Å². The van der Waals surface area contributed by atoms with Crippen LogP contribution < -0.4 is 0 Å². The van der Waals surface area contributed by atoms with Gasteiger partial charge in [0.1, 0.15) is 7.22 Å². The Kier molecular flexibility index (Phi) is 7.20. The lowest BCUT2D eigenvalue weighted by atomic mass is 9.98. The molecule has 1 atom stereocenters. The summed E-state index contributed by atoms with van der Waals surface area (Å²) in [5.74, 6) is -0.431. The second kappa shape index (κ2) is 8.83. The lowest BCUT2D eigenvalue weighted by molar-refractivity contribution is -0.141. The van der Waals surface area contributed by atoms with E-state index in [9.17, 15) is 4.79 Å². The number of carbonyl (C=O) groups excluding carboxylic acids is 1. The van der Waals surface area contributed by atoms with Gasteiger partial charge in [-0.25, -0.2) is 0 Å². The second-order valence-electron chi connectivity index (χ2n) is 8.43. The van der Waals surface area contributed by atoms with Crippen molar-refractivity contribution in [1.29, 1.82) is 0 Å². The first-order chi connectivity index (χ1) is 12.6. The van der Waals surface area contributed by atoms with E-state index < -0.39 is 7.22 Å². The number of ether oxygens (including phenoxy) is 1. The van der Waals surface area contributed by atoms with Crippen molar-refractivity contribution in [2.45, 2.75) is 75.9 Å². The maximum atomic E-state index is 11.8. The summed E-state index contributed by atoms with van der Waals surface area (Å²) in [5.41, 5.74) is 3.18. The van der Waals surface area contributed by atoms with E-state index in [2.05, 4.69) is 89.2 Å². The van der Waals surface area contributed by atoms with Gasteiger partial charge in [0.15, 0.2) is 0 Å². The van der Waals surface area contributed by atoms with E-state index in [4.69, 9.17) is 4.74 Å². The van der Waals surface area contributed by atoms with E-state index in [0.717, 1.165) is 22.2 Å². The zero-order valence-electron chi connectivity index (χ0n) is 18.0. The lowest BCUT2D eigenvalue weighted by Crippen LogP contribution is -2.40. The molecule has 148 valence electrons. The van der Waals surface area contributed by atoms with Gasteiger partial charge in [-0.1, -0.05) is 65.8 Å². The zero-order chi connectivity index (χ0) is 20.4. The number of carbonyl (C=O) groups is 1. The van der Waals surface area contributed by atoms with Gasteiger partial charge in [-0.3, -0.25) is 4.79 Å². The number of hydrogen-bond donors (Lipinski definition) is 0. The third kappa shape index (κ3) is 4.43. The Bertz CT molecular complexity index is 776. The van der Waals surface area contributed by atoms with Gasteiger partial charge < -0.3 is 4.74 Å². The van der Waals surface area contributed by atoms with Crippen LogP contribution >= 0.6 is 11.2 Å². The summed E-state index contributed by atoms with van der Waals surface area (Å²) >= 11 is 2.16. The minimum Gasteiger partial charge on any atom is -0.469 e. The maximum Gasteiger partial charge on any atom is 0.312 e. The standard InChI is InChI=1S/C23H34O2SSi/c1-15(2)27(16(3)4,17(5)6)26-22-12-11-20-13-19(9-10-21(20)14-22)18(7)23(24)25-8/h9-18H,1-8H3/t18-/m0/s1. The summed E-state index contributed by atoms with van der Waals surface area (Å²) in [6.07, 6.45) is 0. The van der Waals surface area contributed by atoms with Crippen molar-refractivity contribution >= 4 is 35.2 Å². The molecule has 0 amide bonds. The molecule has 0 saturated carbocycles. The minimum atomic E-state index is -1.55. The Morgan fingerprint density at radius 3 is 1.89 bits per heavy atom. The van der Waals surface area contributed by atoms with Gasteiger partial charge in [0.25, 0.3) is 0 Å². The molecule has 0 aromatic heterocycles.